The largest absolute Gasteiger partial charge is 0.353 e. The molecule has 0 aliphatic heterocycles. The summed E-state index contributed by atoms with van der Waals surface area (Å²) < 4.78 is 0. The Morgan fingerprint density at radius 3 is 2.60 bits per heavy atom. The second-order valence-electron chi connectivity index (χ2n) is 4.89. The summed E-state index contributed by atoms with van der Waals surface area (Å²) in [5.41, 5.74) is 0. The fourth-order valence-corrected chi connectivity index (χ4v) is 2.22. The van der Waals surface area contributed by atoms with E-state index >= 15 is 0 Å². The van der Waals surface area contributed by atoms with Crippen molar-refractivity contribution in [3.05, 3.63) is 0 Å². The first-order valence-electron chi connectivity index (χ1n) is 6.07. The molecule has 0 saturated heterocycles. The van der Waals surface area contributed by atoms with Crippen molar-refractivity contribution in [3.8, 4) is 0 Å². The molecule has 1 amide bonds. The van der Waals surface area contributed by atoms with E-state index in [-0.39, 0.29) is 5.91 Å². The van der Waals surface area contributed by atoms with Crippen molar-refractivity contribution in [1.29, 1.82) is 0 Å². The van der Waals surface area contributed by atoms with Crippen molar-refractivity contribution >= 4 is 5.91 Å². The van der Waals surface area contributed by atoms with Crippen LogP contribution < -0.4 is 10.6 Å². The molecule has 1 saturated carbocycles. The van der Waals surface area contributed by atoms with Crippen molar-refractivity contribution in [2.24, 2.45) is 11.8 Å². The summed E-state index contributed by atoms with van der Waals surface area (Å²) >= 11 is 0. The van der Waals surface area contributed by atoms with Gasteiger partial charge in [-0.25, -0.2) is 0 Å². The highest BCUT2D eigenvalue weighted by atomic mass is 16.1. The highest BCUT2D eigenvalue weighted by Crippen LogP contribution is 2.29. The number of carbonyl (C=O) groups is 1. The molecule has 15 heavy (non-hydrogen) atoms. The van der Waals surface area contributed by atoms with Crippen LogP contribution in [0, 0.1) is 11.8 Å². The van der Waals surface area contributed by atoms with E-state index in [1.165, 1.54) is 6.42 Å². The maximum atomic E-state index is 11.5. The predicted molar refractivity (Wildman–Crippen MR) is 62.7 cm³/mol. The molecule has 3 unspecified atom stereocenters. The van der Waals surface area contributed by atoms with Crippen molar-refractivity contribution in [1.82, 2.24) is 10.6 Å². The summed E-state index contributed by atoms with van der Waals surface area (Å²) in [6.07, 6.45) is 4.14. The Bertz CT molecular complexity index is 206. The second kappa shape index (κ2) is 6.11. The third kappa shape index (κ3) is 4.20. The van der Waals surface area contributed by atoms with E-state index in [4.69, 9.17) is 0 Å². The molecule has 1 aliphatic rings. The van der Waals surface area contributed by atoms with E-state index in [2.05, 4.69) is 24.5 Å². The standard InChI is InChI=1S/C12H24N2O/c1-9-4-5-11(8-10(9)2)14-12(15)6-7-13-3/h9-11,13H,4-8H2,1-3H3,(H,14,15). The quantitative estimate of drug-likeness (QED) is 0.742. The van der Waals surface area contributed by atoms with Gasteiger partial charge in [-0.15, -0.1) is 0 Å². The lowest BCUT2D eigenvalue weighted by Gasteiger charge is -2.32. The lowest BCUT2D eigenvalue weighted by molar-refractivity contribution is -0.122. The minimum Gasteiger partial charge on any atom is -0.353 e. The van der Waals surface area contributed by atoms with Gasteiger partial charge in [0.1, 0.15) is 0 Å². The number of rotatable bonds is 4. The SMILES string of the molecule is CNCCC(=O)NC1CCC(C)C(C)C1. The summed E-state index contributed by atoms with van der Waals surface area (Å²) in [6.45, 7) is 5.37. The molecule has 3 heteroatoms. The van der Waals surface area contributed by atoms with Gasteiger partial charge in [-0.3, -0.25) is 4.79 Å². The molecule has 3 atom stereocenters. The summed E-state index contributed by atoms with van der Waals surface area (Å²) in [5.74, 6) is 1.75. The van der Waals surface area contributed by atoms with Crippen LogP contribution in [-0.4, -0.2) is 25.5 Å². The topological polar surface area (TPSA) is 41.1 Å². The van der Waals surface area contributed by atoms with Gasteiger partial charge in [-0.05, 0) is 38.1 Å². The molecule has 0 bridgehead atoms. The number of amides is 1. The van der Waals surface area contributed by atoms with Crippen molar-refractivity contribution < 1.29 is 4.79 Å². The van der Waals surface area contributed by atoms with Crippen LogP contribution in [0.25, 0.3) is 0 Å². The van der Waals surface area contributed by atoms with Crippen molar-refractivity contribution in [2.75, 3.05) is 13.6 Å². The molecule has 0 heterocycles. The van der Waals surface area contributed by atoms with E-state index in [0.717, 1.165) is 31.2 Å². The number of hydrogen-bond donors (Lipinski definition) is 2. The molecular formula is C12H24N2O. The minimum atomic E-state index is 0.191. The molecule has 1 aliphatic carbocycles. The van der Waals surface area contributed by atoms with E-state index in [0.29, 0.717) is 12.5 Å². The van der Waals surface area contributed by atoms with E-state index in [1.54, 1.807) is 0 Å². The van der Waals surface area contributed by atoms with Gasteiger partial charge in [0.05, 0.1) is 0 Å². The summed E-state index contributed by atoms with van der Waals surface area (Å²) in [5, 5.41) is 6.12. The molecular weight excluding hydrogens is 188 g/mol. The summed E-state index contributed by atoms with van der Waals surface area (Å²) in [7, 11) is 1.87. The van der Waals surface area contributed by atoms with Crippen LogP contribution in [0.3, 0.4) is 0 Å². The zero-order valence-corrected chi connectivity index (χ0v) is 10.2. The minimum absolute atomic E-state index is 0.191. The highest BCUT2D eigenvalue weighted by molar-refractivity contribution is 5.76. The predicted octanol–water partition coefficient (Wildman–Crippen LogP) is 1.54. The van der Waals surface area contributed by atoms with Crippen molar-refractivity contribution in [2.45, 2.75) is 45.6 Å². The molecule has 0 aromatic heterocycles. The van der Waals surface area contributed by atoms with Crippen molar-refractivity contribution in [3.63, 3.8) is 0 Å². The van der Waals surface area contributed by atoms with Crippen LogP contribution in [0.15, 0.2) is 0 Å². The second-order valence-corrected chi connectivity index (χ2v) is 4.89. The Morgan fingerprint density at radius 2 is 2.00 bits per heavy atom. The van der Waals surface area contributed by atoms with Crippen LogP contribution in [0.2, 0.25) is 0 Å². The fourth-order valence-electron chi connectivity index (χ4n) is 2.22. The van der Waals surface area contributed by atoms with Crippen LogP contribution in [0.4, 0.5) is 0 Å². The maximum Gasteiger partial charge on any atom is 0.221 e. The first-order valence-corrected chi connectivity index (χ1v) is 6.07. The molecule has 3 nitrogen and oxygen atoms in total. The van der Waals surface area contributed by atoms with E-state index in [9.17, 15) is 4.79 Å². The molecule has 0 aromatic rings. The molecule has 0 spiro atoms. The molecule has 0 aromatic carbocycles. The van der Waals surface area contributed by atoms with Gasteiger partial charge in [0.15, 0.2) is 0 Å². The van der Waals surface area contributed by atoms with Gasteiger partial charge in [-0.1, -0.05) is 13.8 Å². The summed E-state index contributed by atoms with van der Waals surface area (Å²) in [6, 6.07) is 0.417. The van der Waals surface area contributed by atoms with Crippen LogP contribution in [0.1, 0.15) is 39.5 Å². The van der Waals surface area contributed by atoms with Crippen LogP contribution in [-0.2, 0) is 4.79 Å². The maximum absolute atomic E-state index is 11.5. The van der Waals surface area contributed by atoms with Gasteiger partial charge < -0.3 is 10.6 Å². The van der Waals surface area contributed by atoms with Gasteiger partial charge in [0.2, 0.25) is 5.91 Å². The molecule has 0 radical (unpaired) electrons. The third-order valence-corrected chi connectivity index (χ3v) is 3.57. The van der Waals surface area contributed by atoms with Crippen LogP contribution >= 0.6 is 0 Å². The third-order valence-electron chi connectivity index (χ3n) is 3.57. The van der Waals surface area contributed by atoms with Gasteiger partial charge >= 0.3 is 0 Å². The first-order chi connectivity index (χ1) is 7.13. The zero-order valence-electron chi connectivity index (χ0n) is 10.2. The average Bonchev–Trinajstić information content (AvgIpc) is 2.20. The fraction of sp³-hybridized carbons (Fsp3) is 0.917. The average molecular weight is 212 g/mol. The molecule has 1 rings (SSSR count). The van der Waals surface area contributed by atoms with Gasteiger partial charge in [-0.2, -0.15) is 0 Å². The molecule has 1 fully saturated rings. The smallest absolute Gasteiger partial charge is 0.221 e. The van der Waals surface area contributed by atoms with E-state index in [1.807, 2.05) is 7.05 Å². The van der Waals surface area contributed by atoms with Gasteiger partial charge in [0, 0.05) is 19.0 Å². The lowest BCUT2D eigenvalue weighted by Crippen LogP contribution is -2.40. The molecule has 2 N–H and O–H groups in total. The summed E-state index contributed by atoms with van der Waals surface area (Å²) in [4.78, 5) is 11.5. The van der Waals surface area contributed by atoms with Crippen LogP contribution in [0.5, 0.6) is 0 Å². The normalized spacial score (nSPS) is 31.3. The lowest BCUT2D eigenvalue weighted by atomic mass is 9.79. The highest BCUT2D eigenvalue weighted by Gasteiger charge is 2.25. The Kier molecular flexibility index (Phi) is 5.09. The monoisotopic (exact) mass is 212 g/mol. The molecule has 88 valence electrons. The Morgan fingerprint density at radius 1 is 1.27 bits per heavy atom. The van der Waals surface area contributed by atoms with Gasteiger partial charge in [0.25, 0.3) is 0 Å². The number of carbonyl (C=O) groups excluding carboxylic acids is 1. The Hall–Kier alpha value is -0.570. The number of nitrogens with one attached hydrogen (secondary N) is 2. The Labute approximate surface area is 93.0 Å². The number of hydrogen-bond acceptors (Lipinski definition) is 2. The first kappa shape index (κ1) is 12.5. The van der Waals surface area contributed by atoms with E-state index < -0.39 is 0 Å². The zero-order chi connectivity index (χ0) is 11.3. The Balaban J connectivity index is 2.24.